The summed E-state index contributed by atoms with van der Waals surface area (Å²) in [6, 6.07) is 6.35. The molecule has 18 heavy (non-hydrogen) atoms. The number of Topliss-reactive ketones (excluding diaryl/α,β-unsaturated/α-hetero) is 1. The van der Waals surface area contributed by atoms with Crippen LogP contribution in [0.25, 0.3) is 0 Å². The zero-order valence-electron chi connectivity index (χ0n) is 10.1. The SMILES string of the molecule is Cc1coc2c1C(=O)CC(c1ccc(F)cc1)C2. The zero-order chi connectivity index (χ0) is 12.7. The lowest BCUT2D eigenvalue weighted by atomic mass is 9.82. The van der Waals surface area contributed by atoms with Crippen LogP contribution in [0.15, 0.2) is 34.9 Å². The lowest BCUT2D eigenvalue weighted by Gasteiger charge is -2.21. The van der Waals surface area contributed by atoms with Gasteiger partial charge in [-0.15, -0.1) is 0 Å². The van der Waals surface area contributed by atoms with Crippen molar-refractivity contribution in [2.75, 3.05) is 0 Å². The number of halogens is 1. The zero-order valence-corrected chi connectivity index (χ0v) is 10.1. The van der Waals surface area contributed by atoms with E-state index < -0.39 is 0 Å². The number of furan rings is 1. The van der Waals surface area contributed by atoms with Crippen LogP contribution in [0.5, 0.6) is 0 Å². The predicted molar refractivity (Wildman–Crippen MR) is 65.2 cm³/mol. The highest BCUT2D eigenvalue weighted by Gasteiger charge is 2.30. The summed E-state index contributed by atoms with van der Waals surface area (Å²) in [5, 5.41) is 0. The first-order valence-corrected chi connectivity index (χ1v) is 6.01. The number of ketones is 1. The van der Waals surface area contributed by atoms with Gasteiger partial charge in [-0.05, 0) is 36.1 Å². The van der Waals surface area contributed by atoms with Crippen LogP contribution >= 0.6 is 0 Å². The summed E-state index contributed by atoms with van der Waals surface area (Å²) in [6.45, 7) is 1.89. The van der Waals surface area contributed by atoms with Gasteiger partial charge >= 0.3 is 0 Å². The molecule has 0 amide bonds. The van der Waals surface area contributed by atoms with Gasteiger partial charge in [0.05, 0.1) is 11.8 Å². The molecule has 3 heteroatoms. The monoisotopic (exact) mass is 244 g/mol. The molecule has 0 spiro atoms. The van der Waals surface area contributed by atoms with Crippen molar-refractivity contribution in [1.82, 2.24) is 0 Å². The van der Waals surface area contributed by atoms with E-state index in [2.05, 4.69) is 0 Å². The van der Waals surface area contributed by atoms with Crippen LogP contribution in [0, 0.1) is 12.7 Å². The topological polar surface area (TPSA) is 30.2 Å². The molecule has 1 aliphatic carbocycles. The van der Waals surface area contributed by atoms with Gasteiger partial charge in [-0.2, -0.15) is 0 Å². The predicted octanol–water partition coefficient (Wildman–Crippen LogP) is 3.64. The van der Waals surface area contributed by atoms with Gasteiger partial charge in [-0.1, -0.05) is 12.1 Å². The highest BCUT2D eigenvalue weighted by molar-refractivity contribution is 5.99. The average molecular weight is 244 g/mol. The van der Waals surface area contributed by atoms with Crippen molar-refractivity contribution in [2.45, 2.75) is 25.7 Å². The highest BCUT2D eigenvalue weighted by atomic mass is 19.1. The molecule has 0 N–H and O–H groups in total. The Morgan fingerprint density at radius 2 is 1.94 bits per heavy atom. The van der Waals surface area contributed by atoms with E-state index >= 15 is 0 Å². The smallest absolute Gasteiger partial charge is 0.167 e. The lowest BCUT2D eigenvalue weighted by Crippen LogP contribution is -2.18. The molecule has 0 radical (unpaired) electrons. The summed E-state index contributed by atoms with van der Waals surface area (Å²) in [4.78, 5) is 12.1. The van der Waals surface area contributed by atoms with Gasteiger partial charge in [0.15, 0.2) is 5.78 Å². The third-order valence-electron chi connectivity index (χ3n) is 3.53. The van der Waals surface area contributed by atoms with Crippen LogP contribution in [-0.4, -0.2) is 5.78 Å². The van der Waals surface area contributed by atoms with E-state index in [1.807, 2.05) is 6.92 Å². The quantitative estimate of drug-likeness (QED) is 0.766. The summed E-state index contributed by atoms with van der Waals surface area (Å²) < 4.78 is 18.3. The van der Waals surface area contributed by atoms with Crippen molar-refractivity contribution in [1.29, 1.82) is 0 Å². The molecule has 92 valence electrons. The van der Waals surface area contributed by atoms with Crippen LogP contribution < -0.4 is 0 Å². The van der Waals surface area contributed by atoms with Crippen molar-refractivity contribution in [2.24, 2.45) is 0 Å². The van der Waals surface area contributed by atoms with E-state index in [4.69, 9.17) is 4.42 Å². The Hall–Kier alpha value is -1.90. The molecule has 0 bridgehead atoms. The molecule has 0 saturated carbocycles. The minimum absolute atomic E-state index is 0.0937. The van der Waals surface area contributed by atoms with Gasteiger partial charge in [-0.25, -0.2) is 4.39 Å². The van der Waals surface area contributed by atoms with Crippen LogP contribution in [0.4, 0.5) is 4.39 Å². The molecule has 3 rings (SSSR count). The van der Waals surface area contributed by atoms with Crippen LogP contribution in [0.2, 0.25) is 0 Å². The Balaban J connectivity index is 1.94. The van der Waals surface area contributed by atoms with Gasteiger partial charge in [0, 0.05) is 12.8 Å². The minimum atomic E-state index is -0.254. The van der Waals surface area contributed by atoms with E-state index in [1.54, 1.807) is 18.4 Å². The maximum absolute atomic E-state index is 12.9. The van der Waals surface area contributed by atoms with Crippen molar-refractivity contribution in [3.8, 4) is 0 Å². The summed E-state index contributed by atoms with van der Waals surface area (Å²) in [6.07, 6.45) is 2.81. The van der Waals surface area contributed by atoms with Gasteiger partial charge < -0.3 is 4.42 Å². The maximum atomic E-state index is 12.9. The molecular weight excluding hydrogens is 231 g/mol. The highest BCUT2D eigenvalue weighted by Crippen LogP contribution is 2.34. The molecule has 0 saturated heterocycles. The van der Waals surface area contributed by atoms with E-state index in [0.29, 0.717) is 12.8 Å². The second-order valence-electron chi connectivity index (χ2n) is 4.80. The number of fused-ring (bicyclic) bond motifs is 1. The number of carbonyl (C=O) groups is 1. The second-order valence-corrected chi connectivity index (χ2v) is 4.80. The standard InChI is InChI=1S/C15H13FO2/c1-9-8-18-14-7-11(6-13(17)15(9)14)10-2-4-12(16)5-3-10/h2-5,8,11H,6-7H2,1H3. The molecule has 1 aliphatic rings. The van der Waals surface area contributed by atoms with Crippen molar-refractivity contribution in [3.63, 3.8) is 0 Å². The molecule has 0 fully saturated rings. The first-order valence-electron chi connectivity index (χ1n) is 6.01. The number of carbonyl (C=O) groups excluding carboxylic acids is 1. The molecule has 1 heterocycles. The molecular formula is C15H13FO2. The Bertz CT molecular complexity index is 595. The summed E-state index contributed by atoms with van der Waals surface area (Å²) in [5.41, 5.74) is 2.64. The lowest BCUT2D eigenvalue weighted by molar-refractivity contribution is 0.0960. The molecule has 1 aromatic heterocycles. The maximum Gasteiger partial charge on any atom is 0.167 e. The molecule has 2 nitrogen and oxygen atoms in total. The minimum Gasteiger partial charge on any atom is -0.468 e. The summed E-state index contributed by atoms with van der Waals surface area (Å²) >= 11 is 0. The Kier molecular flexibility index (Phi) is 2.54. The number of rotatable bonds is 1. The van der Waals surface area contributed by atoms with Gasteiger partial charge in [0.25, 0.3) is 0 Å². The molecule has 1 aromatic carbocycles. The Labute approximate surface area is 104 Å². The third kappa shape index (κ3) is 1.76. The summed E-state index contributed by atoms with van der Waals surface area (Å²) in [5.74, 6) is 0.724. The molecule has 1 unspecified atom stereocenters. The first-order chi connectivity index (χ1) is 8.65. The van der Waals surface area contributed by atoms with Crippen LogP contribution in [0.3, 0.4) is 0 Å². The second kappa shape index (κ2) is 4.09. The van der Waals surface area contributed by atoms with Crippen molar-refractivity contribution < 1.29 is 13.6 Å². The molecule has 1 atom stereocenters. The van der Waals surface area contributed by atoms with Crippen LogP contribution in [0.1, 0.15) is 39.6 Å². The number of hydrogen-bond donors (Lipinski definition) is 0. The fraction of sp³-hybridized carbons (Fsp3) is 0.267. The molecule has 0 aliphatic heterocycles. The van der Waals surface area contributed by atoms with Gasteiger partial charge in [0.2, 0.25) is 0 Å². The van der Waals surface area contributed by atoms with E-state index in [9.17, 15) is 9.18 Å². The fourth-order valence-electron chi connectivity index (χ4n) is 2.62. The first kappa shape index (κ1) is 11.2. The third-order valence-corrected chi connectivity index (χ3v) is 3.53. The van der Waals surface area contributed by atoms with Crippen molar-refractivity contribution >= 4 is 5.78 Å². The number of hydrogen-bond acceptors (Lipinski definition) is 2. The van der Waals surface area contributed by atoms with E-state index in [0.717, 1.165) is 22.5 Å². The van der Waals surface area contributed by atoms with Crippen LogP contribution in [-0.2, 0) is 6.42 Å². The average Bonchev–Trinajstić information content (AvgIpc) is 2.72. The van der Waals surface area contributed by atoms with Gasteiger partial charge in [0.1, 0.15) is 11.6 Å². The fourth-order valence-corrected chi connectivity index (χ4v) is 2.62. The Morgan fingerprint density at radius 1 is 1.22 bits per heavy atom. The van der Waals surface area contributed by atoms with E-state index in [-0.39, 0.29) is 17.5 Å². The molecule has 2 aromatic rings. The van der Waals surface area contributed by atoms with Crippen molar-refractivity contribution in [3.05, 3.63) is 58.8 Å². The number of aryl methyl sites for hydroxylation is 1. The summed E-state index contributed by atoms with van der Waals surface area (Å²) in [7, 11) is 0. The van der Waals surface area contributed by atoms with E-state index in [1.165, 1.54) is 12.1 Å². The normalized spacial score (nSPS) is 18.8. The number of benzene rings is 1. The largest absolute Gasteiger partial charge is 0.468 e. The Morgan fingerprint density at radius 3 is 2.67 bits per heavy atom. The van der Waals surface area contributed by atoms with Gasteiger partial charge in [-0.3, -0.25) is 4.79 Å².